The van der Waals surface area contributed by atoms with Gasteiger partial charge >= 0.3 is 0 Å². The Balaban J connectivity index is 2.33. The largest absolute Gasteiger partial charge is 0.508 e. The van der Waals surface area contributed by atoms with Crippen molar-refractivity contribution in [2.45, 2.75) is 45.7 Å². The van der Waals surface area contributed by atoms with Crippen molar-refractivity contribution < 1.29 is 9.90 Å². The minimum Gasteiger partial charge on any atom is -0.508 e. The molecule has 3 N–H and O–H groups in total. The fraction of sp³-hybridized carbons (Fsp3) is 0.533. The maximum absolute atomic E-state index is 11.7. The second-order valence-electron chi connectivity index (χ2n) is 5.95. The third kappa shape index (κ3) is 6.82. The molecule has 1 amide bonds. The Kier molecular flexibility index (Phi) is 5.36. The first kappa shape index (κ1) is 15.5. The van der Waals surface area contributed by atoms with Gasteiger partial charge in [-0.3, -0.25) is 4.79 Å². The van der Waals surface area contributed by atoms with Gasteiger partial charge in [0, 0.05) is 11.6 Å². The summed E-state index contributed by atoms with van der Waals surface area (Å²) >= 11 is 0. The third-order valence-corrected chi connectivity index (χ3v) is 2.60. The van der Waals surface area contributed by atoms with Crippen LogP contribution in [0.2, 0.25) is 0 Å². The second kappa shape index (κ2) is 6.57. The number of aromatic hydroxyl groups is 1. The summed E-state index contributed by atoms with van der Waals surface area (Å²) in [6.07, 6.45) is 0.822. The molecule has 0 fully saturated rings. The zero-order chi connectivity index (χ0) is 14.5. The van der Waals surface area contributed by atoms with Gasteiger partial charge in [0.05, 0.1) is 6.54 Å². The van der Waals surface area contributed by atoms with Gasteiger partial charge in [-0.15, -0.1) is 0 Å². The van der Waals surface area contributed by atoms with Crippen molar-refractivity contribution in [2.75, 3.05) is 6.54 Å². The van der Waals surface area contributed by atoms with Crippen LogP contribution in [-0.2, 0) is 11.2 Å². The number of phenols is 1. The lowest BCUT2D eigenvalue weighted by Crippen LogP contribution is -2.46. The topological polar surface area (TPSA) is 61.4 Å². The molecule has 19 heavy (non-hydrogen) atoms. The van der Waals surface area contributed by atoms with Crippen molar-refractivity contribution in [3.8, 4) is 5.75 Å². The van der Waals surface area contributed by atoms with Crippen LogP contribution in [0.1, 0.15) is 33.3 Å². The molecule has 0 aliphatic rings. The highest BCUT2D eigenvalue weighted by Gasteiger charge is 2.14. The van der Waals surface area contributed by atoms with Crippen molar-refractivity contribution in [1.29, 1.82) is 0 Å². The van der Waals surface area contributed by atoms with Gasteiger partial charge in [0.1, 0.15) is 5.75 Å². The van der Waals surface area contributed by atoms with Gasteiger partial charge in [0.2, 0.25) is 5.91 Å². The molecular weight excluding hydrogens is 240 g/mol. The number of benzene rings is 1. The number of rotatable bonds is 5. The van der Waals surface area contributed by atoms with Gasteiger partial charge in [-0.05, 0) is 51.8 Å². The van der Waals surface area contributed by atoms with Crippen molar-refractivity contribution in [2.24, 2.45) is 0 Å². The average Bonchev–Trinajstić information content (AvgIpc) is 2.27. The summed E-state index contributed by atoms with van der Waals surface area (Å²) in [5, 5.41) is 15.3. The van der Waals surface area contributed by atoms with Gasteiger partial charge in [-0.1, -0.05) is 12.1 Å². The lowest BCUT2D eigenvalue weighted by molar-refractivity contribution is -0.121. The molecule has 1 rings (SSSR count). The van der Waals surface area contributed by atoms with E-state index in [9.17, 15) is 9.90 Å². The van der Waals surface area contributed by atoms with Crippen LogP contribution >= 0.6 is 0 Å². The average molecular weight is 264 g/mol. The smallest absolute Gasteiger partial charge is 0.234 e. The van der Waals surface area contributed by atoms with Crippen molar-refractivity contribution in [3.05, 3.63) is 29.8 Å². The zero-order valence-corrected chi connectivity index (χ0v) is 12.2. The van der Waals surface area contributed by atoms with Crippen LogP contribution in [0.5, 0.6) is 5.75 Å². The molecule has 0 heterocycles. The molecule has 0 saturated carbocycles. The van der Waals surface area contributed by atoms with E-state index in [0.717, 1.165) is 12.0 Å². The standard InChI is InChI=1S/C15H24N2O2/c1-11(9-12-5-7-13(18)8-6-12)16-10-14(19)17-15(2,3)4/h5-8,11,16,18H,9-10H2,1-4H3,(H,17,19). The van der Waals surface area contributed by atoms with E-state index in [1.54, 1.807) is 12.1 Å². The van der Waals surface area contributed by atoms with E-state index < -0.39 is 0 Å². The fourth-order valence-electron chi connectivity index (χ4n) is 1.79. The first-order valence-corrected chi connectivity index (χ1v) is 6.58. The van der Waals surface area contributed by atoms with E-state index in [0.29, 0.717) is 6.54 Å². The fourth-order valence-corrected chi connectivity index (χ4v) is 1.79. The van der Waals surface area contributed by atoms with E-state index in [2.05, 4.69) is 10.6 Å². The minimum atomic E-state index is -0.195. The SMILES string of the molecule is CC(Cc1ccc(O)cc1)NCC(=O)NC(C)(C)C. The van der Waals surface area contributed by atoms with E-state index >= 15 is 0 Å². The summed E-state index contributed by atoms with van der Waals surface area (Å²) in [6, 6.07) is 7.34. The Hall–Kier alpha value is -1.55. The summed E-state index contributed by atoms with van der Waals surface area (Å²) in [5.74, 6) is 0.277. The highest BCUT2D eigenvalue weighted by atomic mass is 16.3. The van der Waals surface area contributed by atoms with Crippen molar-refractivity contribution in [3.63, 3.8) is 0 Å². The number of phenolic OH excluding ortho intramolecular Hbond substituents is 1. The molecule has 0 aromatic heterocycles. The lowest BCUT2D eigenvalue weighted by Gasteiger charge is -2.21. The quantitative estimate of drug-likeness (QED) is 0.760. The molecule has 1 aromatic carbocycles. The zero-order valence-electron chi connectivity index (χ0n) is 12.2. The Morgan fingerprint density at radius 2 is 1.84 bits per heavy atom. The summed E-state index contributed by atoms with van der Waals surface area (Å²) in [7, 11) is 0. The molecule has 0 saturated heterocycles. The van der Waals surface area contributed by atoms with E-state index in [1.807, 2.05) is 39.8 Å². The number of amides is 1. The van der Waals surface area contributed by atoms with E-state index in [1.165, 1.54) is 0 Å². The maximum atomic E-state index is 11.7. The summed E-state index contributed by atoms with van der Waals surface area (Å²) in [4.78, 5) is 11.7. The van der Waals surface area contributed by atoms with Gasteiger partial charge < -0.3 is 15.7 Å². The molecule has 106 valence electrons. The molecule has 4 heteroatoms. The van der Waals surface area contributed by atoms with Crippen LogP contribution in [0.3, 0.4) is 0 Å². The first-order valence-electron chi connectivity index (χ1n) is 6.58. The van der Waals surface area contributed by atoms with Gasteiger partial charge in [-0.25, -0.2) is 0 Å². The van der Waals surface area contributed by atoms with Crippen LogP contribution < -0.4 is 10.6 Å². The Bertz CT molecular complexity index is 407. The summed E-state index contributed by atoms with van der Waals surface area (Å²) < 4.78 is 0. The third-order valence-electron chi connectivity index (χ3n) is 2.60. The van der Waals surface area contributed by atoms with Crippen LogP contribution in [-0.4, -0.2) is 29.1 Å². The number of hydrogen-bond donors (Lipinski definition) is 3. The monoisotopic (exact) mass is 264 g/mol. The highest BCUT2D eigenvalue weighted by Crippen LogP contribution is 2.11. The molecular formula is C15H24N2O2. The molecule has 1 atom stereocenters. The van der Waals surface area contributed by atoms with Crippen molar-refractivity contribution >= 4 is 5.91 Å². The second-order valence-corrected chi connectivity index (χ2v) is 5.95. The highest BCUT2D eigenvalue weighted by molar-refractivity contribution is 5.78. The molecule has 1 unspecified atom stereocenters. The van der Waals surface area contributed by atoms with Crippen LogP contribution in [0, 0.1) is 0 Å². The molecule has 0 radical (unpaired) electrons. The Morgan fingerprint density at radius 1 is 1.26 bits per heavy atom. The van der Waals surface area contributed by atoms with Crippen LogP contribution in [0.25, 0.3) is 0 Å². The lowest BCUT2D eigenvalue weighted by atomic mass is 10.1. The molecule has 0 bridgehead atoms. The van der Waals surface area contributed by atoms with E-state index in [-0.39, 0.29) is 23.2 Å². The first-order chi connectivity index (χ1) is 8.76. The predicted octanol–water partition coefficient (Wildman–Crippen LogP) is 1.83. The van der Waals surface area contributed by atoms with Crippen LogP contribution in [0.4, 0.5) is 0 Å². The maximum Gasteiger partial charge on any atom is 0.234 e. The molecule has 0 aliphatic heterocycles. The summed E-state index contributed by atoms with van der Waals surface area (Å²) in [6.45, 7) is 8.24. The minimum absolute atomic E-state index is 0.00468. The van der Waals surface area contributed by atoms with Gasteiger partial charge in [-0.2, -0.15) is 0 Å². The number of carbonyl (C=O) groups excluding carboxylic acids is 1. The number of nitrogens with one attached hydrogen (secondary N) is 2. The number of hydrogen-bond acceptors (Lipinski definition) is 3. The van der Waals surface area contributed by atoms with Crippen molar-refractivity contribution in [1.82, 2.24) is 10.6 Å². The number of carbonyl (C=O) groups is 1. The normalized spacial score (nSPS) is 13.1. The van der Waals surface area contributed by atoms with Crippen LogP contribution in [0.15, 0.2) is 24.3 Å². The predicted molar refractivity (Wildman–Crippen MR) is 77.2 cm³/mol. The Morgan fingerprint density at radius 3 is 2.37 bits per heavy atom. The molecule has 0 aliphatic carbocycles. The molecule has 1 aromatic rings. The Labute approximate surface area is 115 Å². The van der Waals surface area contributed by atoms with Gasteiger partial charge in [0.15, 0.2) is 0 Å². The molecule has 4 nitrogen and oxygen atoms in total. The van der Waals surface area contributed by atoms with Gasteiger partial charge in [0.25, 0.3) is 0 Å². The summed E-state index contributed by atoms with van der Waals surface area (Å²) in [5.41, 5.74) is 0.938. The van der Waals surface area contributed by atoms with E-state index in [4.69, 9.17) is 0 Å². The molecule has 0 spiro atoms.